The van der Waals surface area contributed by atoms with Crippen LogP contribution in [0.25, 0.3) is 10.2 Å². The van der Waals surface area contributed by atoms with Crippen LogP contribution < -0.4 is 4.80 Å². The summed E-state index contributed by atoms with van der Waals surface area (Å²) in [5.74, 6) is 1.98. The highest BCUT2D eigenvalue weighted by Crippen LogP contribution is 2.23. The maximum absolute atomic E-state index is 13.0. The molecule has 0 spiro atoms. The molecule has 1 fully saturated rings. The standard InChI is InChI=1S/C24H25N3O5S3/c1-3-14-27-21-13-12-20(34(2,29)30)17-22(21)33-24(27)25-23(28)18-8-10-19(11-9-18)35(31,32)26-15-6-4-5-7-16-26/h1,8-13,17H,4-7,14-16H2,2H3. The van der Waals surface area contributed by atoms with Crippen LogP contribution in [0.1, 0.15) is 36.0 Å². The van der Waals surface area contributed by atoms with E-state index in [0.29, 0.717) is 28.1 Å². The van der Waals surface area contributed by atoms with Crippen molar-refractivity contribution in [3.05, 3.63) is 52.8 Å². The molecule has 1 aromatic heterocycles. The molecule has 1 aliphatic rings. The number of aromatic nitrogens is 1. The van der Waals surface area contributed by atoms with E-state index >= 15 is 0 Å². The lowest BCUT2D eigenvalue weighted by molar-refractivity contribution is 0.0997. The smallest absolute Gasteiger partial charge is 0.279 e. The third-order valence-electron chi connectivity index (χ3n) is 5.83. The third-order valence-corrected chi connectivity index (χ3v) is 9.90. The lowest BCUT2D eigenvalue weighted by Crippen LogP contribution is -2.31. The molecule has 0 N–H and O–H groups in total. The van der Waals surface area contributed by atoms with Crippen molar-refractivity contribution in [3.63, 3.8) is 0 Å². The molecule has 1 aliphatic heterocycles. The Kier molecular flexibility index (Phi) is 7.28. The molecule has 0 atom stereocenters. The molecule has 1 amide bonds. The van der Waals surface area contributed by atoms with Gasteiger partial charge in [0.25, 0.3) is 5.91 Å². The lowest BCUT2D eigenvalue weighted by Gasteiger charge is -2.19. The van der Waals surface area contributed by atoms with Crippen LogP contribution in [0.4, 0.5) is 0 Å². The van der Waals surface area contributed by atoms with E-state index in [1.807, 2.05) is 0 Å². The Labute approximate surface area is 208 Å². The lowest BCUT2D eigenvalue weighted by atomic mass is 10.2. The number of fused-ring (bicyclic) bond motifs is 1. The quantitative estimate of drug-likeness (QED) is 0.471. The monoisotopic (exact) mass is 531 g/mol. The minimum absolute atomic E-state index is 0.147. The van der Waals surface area contributed by atoms with Crippen molar-refractivity contribution in [1.82, 2.24) is 8.87 Å². The van der Waals surface area contributed by atoms with Gasteiger partial charge in [0, 0.05) is 24.9 Å². The summed E-state index contributed by atoms with van der Waals surface area (Å²) in [4.78, 5) is 17.7. The predicted octanol–water partition coefficient (Wildman–Crippen LogP) is 3.05. The number of benzene rings is 2. The minimum atomic E-state index is -3.62. The van der Waals surface area contributed by atoms with Gasteiger partial charge in [0.15, 0.2) is 14.6 Å². The molecular weight excluding hydrogens is 506 g/mol. The van der Waals surface area contributed by atoms with Crippen LogP contribution in [-0.4, -0.2) is 51.0 Å². The summed E-state index contributed by atoms with van der Waals surface area (Å²) < 4.78 is 53.6. The number of carbonyl (C=O) groups is 1. The second-order valence-corrected chi connectivity index (χ2v) is 13.3. The molecule has 11 heteroatoms. The fourth-order valence-electron chi connectivity index (χ4n) is 3.97. The number of rotatable bonds is 5. The number of sulfone groups is 1. The number of sulfonamides is 1. The molecule has 2 aromatic carbocycles. The Bertz CT molecular complexity index is 1580. The SMILES string of the molecule is C#CCn1c(=NC(=O)c2ccc(S(=O)(=O)N3CCCCCC3)cc2)sc2cc(S(C)(=O)=O)ccc21. The van der Waals surface area contributed by atoms with Gasteiger partial charge in [0.1, 0.15) is 0 Å². The number of hydrogen-bond acceptors (Lipinski definition) is 6. The van der Waals surface area contributed by atoms with E-state index in [0.717, 1.165) is 43.3 Å². The zero-order valence-corrected chi connectivity index (χ0v) is 21.6. The number of nitrogens with zero attached hydrogens (tertiary/aromatic N) is 3. The number of terminal acetylenes is 1. The van der Waals surface area contributed by atoms with Crippen molar-refractivity contribution in [1.29, 1.82) is 0 Å². The molecular formula is C24H25N3O5S3. The predicted molar refractivity (Wildman–Crippen MR) is 135 cm³/mol. The number of thiazole rings is 1. The van der Waals surface area contributed by atoms with Crippen LogP contribution in [0, 0.1) is 12.3 Å². The average Bonchev–Trinajstić information content (AvgIpc) is 2.98. The summed E-state index contributed by atoms with van der Waals surface area (Å²) in [6.07, 6.45) is 10.4. The highest BCUT2D eigenvalue weighted by molar-refractivity contribution is 7.90. The number of carbonyl (C=O) groups excluding carboxylic acids is 1. The van der Waals surface area contributed by atoms with Gasteiger partial charge in [-0.1, -0.05) is 30.1 Å². The molecule has 0 saturated carbocycles. The van der Waals surface area contributed by atoms with Crippen molar-refractivity contribution in [3.8, 4) is 12.3 Å². The molecule has 8 nitrogen and oxygen atoms in total. The minimum Gasteiger partial charge on any atom is -0.305 e. The van der Waals surface area contributed by atoms with Crippen molar-refractivity contribution < 1.29 is 21.6 Å². The van der Waals surface area contributed by atoms with Crippen LogP contribution in [0.5, 0.6) is 0 Å². The molecule has 0 unspecified atom stereocenters. The van der Waals surface area contributed by atoms with Gasteiger partial charge in [0.05, 0.1) is 26.6 Å². The van der Waals surface area contributed by atoms with Gasteiger partial charge in [-0.3, -0.25) is 4.79 Å². The fourth-order valence-corrected chi connectivity index (χ4v) is 7.27. The summed E-state index contributed by atoms with van der Waals surface area (Å²) in [5.41, 5.74) is 0.909. The van der Waals surface area contributed by atoms with Gasteiger partial charge in [-0.25, -0.2) is 16.8 Å². The van der Waals surface area contributed by atoms with Crippen molar-refractivity contribution in [2.45, 2.75) is 42.0 Å². The Morgan fingerprint density at radius 2 is 1.63 bits per heavy atom. The molecule has 0 aliphatic carbocycles. The van der Waals surface area contributed by atoms with E-state index in [-0.39, 0.29) is 21.9 Å². The maximum Gasteiger partial charge on any atom is 0.279 e. The van der Waals surface area contributed by atoms with Crippen LogP contribution in [0.2, 0.25) is 0 Å². The first kappa shape index (κ1) is 25.3. The first-order chi connectivity index (χ1) is 16.6. The molecule has 184 valence electrons. The highest BCUT2D eigenvalue weighted by atomic mass is 32.2. The Balaban J connectivity index is 1.67. The van der Waals surface area contributed by atoms with Crippen LogP contribution >= 0.6 is 11.3 Å². The van der Waals surface area contributed by atoms with E-state index in [1.165, 1.54) is 40.7 Å². The van der Waals surface area contributed by atoms with Gasteiger partial charge in [0.2, 0.25) is 10.0 Å². The van der Waals surface area contributed by atoms with Crippen molar-refractivity contribution in [2.24, 2.45) is 4.99 Å². The summed E-state index contributed by atoms with van der Waals surface area (Å²) in [7, 11) is -7.01. The molecule has 0 radical (unpaired) electrons. The zero-order chi connectivity index (χ0) is 25.2. The fraction of sp³-hybridized carbons (Fsp3) is 0.333. The van der Waals surface area contributed by atoms with Crippen LogP contribution in [-0.2, 0) is 26.4 Å². The molecule has 0 bridgehead atoms. The van der Waals surface area contributed by atoms with Crippen LogP contribution in [0.3, 0.4) is 0 Å². The van der Waals surface area contributed by atoms with Gasteiger partial charge >= 0.3 is 0 Å². The second kappa shape index (κ2) is 10.1. The number of hydrogen-bond donors (Lipinski definition) is 0. The Hall–Kier alpha value is -2.78. The Morgan fingerprint density at radius 1 is 1.00 bits per heavy atom. The van der Waals surface area contributed by atoms with E-state index < -0.39 is 25.8 Å². The first-order valence-electron chi connectivity index (χ1n) is 11.1. The molecule has 4 rings (SSSR count). The van der Waals surface area contributed by atoms with Gasteiger partial charge < -0.3 is 4.57 Å². The Morgan fingerprint density at radius 3 is 2.23 bits per heavy atom. The number of amides is 1. The summed E-state index contributed by atoms with van der Waals surface area (Å²) in [5, 5.41) is 0. The largest absolute Gasteiger partial charge is 0.305 e. The maximum atomic E-state index is 13.0. The van der Waals surface area contributed by atoms with Crippen LogP contribution in [0.15, 0.2) is 57.2 Å². The van der Waals surface area contributed by atoms with Gasteiger partial charge in [-0.2, -0.15) is 9.30 Å². The summed E-state index contributed by atoms with van der Waals surface area (Å²) >= 11 is 1.16. The van der Waals surface area contributed by atoms with E-state index in [1.54, 1.807) is 10.6 Å². The summed E-state index contributed by atoms with van der Waals surface area (Å²) in [6.45, 7) is 1.15. The first-order valence-corrected chi connectivity index (χ1v) is 15.2. The molecule has 35 heavy (non-hydrogen) atoms. The molecule has 3 aromatic rings. The average molecular weight is 532 g/mol. The second-order valence-electron chi connectivity index (χ2n) is 8.34. The zero-order valence-electron chi connectivity index (χ0n) is 19.2. The highest BCUT2D eigenvalue weighted by Gasteiger charge is 2.25. The third kappa shape index (κ3) is 5.41. The van der Waals surface area contributed by atoms with E-state index in [4.69, 9.17) is 6.42 Å². The van der Waals surface area contributed by atoms with Gasteiger partial charge in [-0.15, -0.1) is 6.42 Å². The van der Waals surface area contributed by atoms with Crippen molar-refractivity contribution in [2.75, 3.05) is 19.3 Å². The van der Waals surface area contributed by atoms with Gasteiger partial charge in [-0.05, 0) is 55.3 Å². The van der Waals surface area contributed by atoms with E-state index in [9.17, 15) is 21.6 Å². The molecule has 1 saturated heterocycles. The van der Waals surface area contributed by atoms with Crippen molar-refractivity contribution >= 4 is 47.3 Å². The van der Waals surface area contributed by atoms with E-state index in [2.05, 4.69) is 10.9 Å². The topological polar surface area (TPSA) is 106 Å². The molecule has 2 heterocycles. The summed E-state index contributed by atoms with van der Waals surface area (Å²) in [6, 6.07) is 10.4. The normalized spacial score (nSPS) is 16.2.